The van der Waals surface area contributed by atoms with Gasteiger partial charge in [-0.1, -0.05) is 6.07 Å². The molecule has 19 heavy (non-hydrogen) atoms. The van der Waals surface area contributed by atoms with E-state index in [1.165, 1.54) is 25.5 Å². The van der Waals surface area contributed by atoms with Gasteiger partial charge >= 0.3 is 0 Å². The zero-order chi connectivity index (χ0) is 14.5. The summed E-state index contributed by atoms with van der Waals surface area (Å²) in [5.41, 5.74) is 0.914. The highest BCUT2D eigenvalue weighted by Gasteiger charge is 2.12. The fourth-order valence-corrected chi connectivity index (χ4v) is 2.22. The van der Waals surface area contributed by atoms with Gasteiger partial charge in [-0.15, -0.1) is 0 Å². The smallest absolute Gasteiger partial charge is 0.214 e. The second-order valence-electron chi connectivity index (χ2n) is 4.28. The lowest BCUT2D eigenvalue weighted by Gasteiger charge is -2.12. The molecule has 1 aromatic carbocycles. The van der Waals surface area contributed by atoms with Crippen molar-refractivity contribution < 1.29 is 18.3 Å². The fraction of sp³-hybridized carbons (Fsp3) is 0.500. The third-order valence-corrected chi connectivity index (χ3v) is 4.50. The molecule has 0 spiro atoms. The molecule has 0 aliphatic heterocycles. The summed E-state index contributed by atoms with van der Waals surface area (Å²) in [4.78, 5) is 0. The van der Waals surface area contributed by atoms with Gasteiger partial charge in [-0.25, -0.2) is 12.7 Å². The van der Waals surface area contributed by atoms with Crippen LogP contribution < -0.4 is 10.1 Å². The van der Waals surface area contributed by atoms with E-state index in [2.05, 4.69) is 5.32 Å². The molecule has 0 saturated heterocycles. The van der Waals surface area contributed by atoms with Crippen molar-refractivity contribution in [2.24, 2.45) is 0 Å². The molecule has 1 aromatic rings. The first-order chi connectivity index (χ1) is 8.86. The van der Waals surface area contributed by atoms with Gasteiger partial charge in [0.15, 0.2) is 11.5 Å². The first-order valence-corrected chi connectivity index (χ1v) is 7.44. The molecule has 0 fully saturated rings. The van der Waals surface area contributed by atoms with Crippen LogP contribution >= 0.6 is 0 Å². The minimum Gasteiger partial charge on any atom is -0.504 e. The van der Waals surface area contributed by atoms with Gasteiger partial charge in [-0.2, -0.15) is 0 Å². The third kappa shape index (κ3) is 4.70. The zero-order valence-electron chi connectivity index (χ0n) is 11.4. The van der Waals surface area contributed by atoms with E-state index in [9.17, 15) is 13.5 Å². The van der Waals surface area contributed by atoms with Crippen LogP contribution in [0.5, 0.6) is 11.5 Å². The Kier molecular flexibility index (Phi) is 5.59. The Labute approximate surface area is 114 Å². The van der Waals surface area contributed by atoms with Gasteiger partial charge in [-0.3, -0.25) is 0 Å². The van der Waals surface area contributed by atoms with Crippen molar-refractivity contribution in [2.45, 2.75) is 6.54 Å². The van der Waals surface area contributed by atoms with Gasteiger partial charge < -0.3 is 15.2 Å². The Morgan fingerprint density at radius 3 is 2.63 bits per heavy atom. The van der Waals surface area contributed by atoms with Gasteiger partial charge in [0.1, 0.15) is 0 Å². The number of sulfonamides is 1. The van der Waals surface area contributed by atoms with E-state index in [4.69, 9.17) is 4.74 Å². The maximum Gasteiger partial charge on any atom is 0.214 e. The molecule has 0 heterocycles. The van der Waals surface area contributed by atoms with Gasteiger partial charge in [0.2, 0.25) is 10.0 Å². The van der Waals surface area contributed by atoms with Crippen LogP contribution in [0.1, 0.15) is 5.56 Å². The monoisotopic (exact) mass is 288 g/mol. The molecule has 0 radical (unpaired) electrons. The average Bonchev–Trinajstić information content (AvgIpc) is 2.36. The molecule has 0 atom stereocenters. The Hall–Kier alpha value is -1.31. The fourth-order valence-electron chi connectivity index (χ4n) is 1.45. The van der Waals surface area contributed by atoms with Crippen molar-refractivity contribution in [1.82, 2.24) is 9.62 Å². The van der Waals surface area contributed by atoms with E-state index in [-0.39, 0.29) is 11.5 Å². The molecule has 0 amide bonds. The summed E-state index contributed by atoms with van der Waals surface area (Å²) in [6.07, 6.45) is 0. The van der Waals surface area contributed by atoms with E-state index in [1.807, 2.05) is 0 Å². The normalized spacial score (nSPS) is 11.8. The topological polar surface area (TPSA) is 78.9 Å². The number of nitrogens with one attached hydrogen (secondary N) is 1. The van der Waals surface area contributed by atoms with Crippen molar-refractivity contribution in [3.05, 3.63) is 23.8 Å². The van der Waals surface area contributed by atoms with E-state index < -0.39 is 10.0 Å². The number of phenolic OH excluding ortho intramolecular Hbond substituents is 1. The number of ether oxygens (including phenoxy) is 1. The molecule has 1 rings (SSSR count). The standard InChI is InChI=1S/C12H20N2O4S/c1-14(2)19(16,17)7-6-13-9-10-4-5-11(15)12(8-10)18-3/h4-5,8,13,15H,6-7,9H2,1-3H3. The highest BCUT2D eigenvalue weighted by Crippen LogP contribution is 2.25. The Bertz CT molecular complexity index is 514. The quantitative estimate of drug-likeness (QED) is 0.709. The van der Waals surface area contributed by atoms with E-state index in [0.717, 1.165) is 5.56 Å². The summed E-state index contributed by atoms with van der Waals surface area (Å²) in [6, 6.07) is 5.01. The summed E-state index contributed by atoms with van der Waals surface area (Å²) >= 11 is 0. The highest BCUT2D eigenvalue weighted by atomic mass is 32.2. The van der Waals surface area contributed by atoms with Crippen LogP contribution in [-0.4, -0.2) is 51.3 Å². The van der Waals surface area contributed by atoms with Crippen LogP contribution in [0, 0.1) is 0 Å². The lowest BCUT2D eigenvalue weighted by atomic mass is 10.2. The number of aromatic hydroxyl groups is 1. The van der Waals surface area contributed by atoms with Crippen molar-refractivity contribution in [1.29, 1.82) is 0 Å². The molecule has 0 aliphatic rings. The van der Waals surface area contributed by atoms with Gasteiger partial charge in [-0.05, 0) is 17.7 Å². The Morgan fingerprint density at radius 2 is 2.05 bits per heavy atom. The lowest BCUT2D eigenvalue weighted by Crippen LogP contribution is -2.30. The molecule has 0 saturated carbocycles. The first-order valence-electron chi connectivity index (χ1n) is 5.83. The largest absolute Gasteiger partial charge is 0.504 e. The van der Waals surface area contributed by atoms with Gasteiger partial charge in [0.05, 0.1) is 12.9 Å². The first kappa shape index (κ1) is 15.7. The van der Waals surface area contributed by atoms with Crippen LogP contribution in [-0.2, 0) is 16.6 Å². The summed E-state index contributed by atoms with van der Waals surface area (Å²) < 4.78 is 29.2. The number of phenols is 1. The molecule has 7 heteroatoms. The number of hydrogen-bond donors (Lipinski definition) is 2. The number of hydrogen-bond acceptors (Lipinski definition) is 5. The van der Waals surface area contributed by atoms with Crippen LogP contribution in [0.2, 0.25) is 0 Å². The van der Waals surface area contributed by atoms with Crippen molar-refractivity contribution >= 4 is 10.0 Å². The lowest BCUT2D eigenvalue weighted by molar-refractivity contribution is 0.373. The number of benzene rings is 1. The van der Waals surface area contributed by atoms with Crippen LogP contribution in [0.15, 0.2) is 18.2 Å². The zero-order valence-corrected chi connectivity index (χ0v) is 12.2. The van der Waals surface area contributed by atoms with Crippen LogP contribution in [0.4, 0.5) is 0 Å². The van der Waals surface area contributed by atoms with Crippen LogP contribution in [0.3, 0.4) is 0 Å². The van der Waals surface area contributed by atoms with Gasteiger partial charge in [0, 0.05) is 27.2 Å². The Balaban J connectivity index is 2.46. The van der Waals surface area contributed by atoms with Crippen molar-refractivity contribution in [2.75, 3.05) is 33.5 Å². The third-order valence-electron chi connectivity index (χ3n) is 2.67. The minimum atomic E-state index is -3.17. The minimum absolute atomic E-state index is 0.0508. The molecule has 6 nitrogen and oxygen atoms in total. The number of rotatable bonds is 7. The molecular formula is C12H20N2O4S. The summed E-state index contributed by atoms with van der Waals surface area (Å²) in [7, 11) is 1.34. The maximum atomic E-state index is 11.5. The Morgan fingerprint density at radius 1 is 1.37 bits per heavy atom. The molecule has 2 N–H and O–H groups in total. The second kappa shape index (κ2) is 6.74. The molecule has 0 aliphatic carbocycles. The molecule has 0 bridgehead atoms. The van der Waals surface area contributed by atoms with Gasteiger partial charge in [0.25, 0.3) is 0 Å². The summed E-state index contributed by atoms with van der Waals surface area (Å²) in [5.74, 6) is 0.538. The van der Waals surface area contributed by atoms with Crippen molar-refractivity contribution in [3.8, 4) is 11.5 Å². The average molecular weight is 288 g/mol. The highest BCUT2D eigenvalue weighted by molar-refractivity contribution is 7.89. The van der Waals surface area contributed by atoms with Crippen molar-refractivity contribution in [3.63, 3.8) is 0 Å². The van der Waals surface area contributed by atoms with E-state index in [0.29, 0.717) is 18.8 Å². The predicted octanol–water partition coefficient (Wildman–Crippen LogP) is 0.382. The molecule has 0 unspecified atom stereocenters. The molecule has 108 valence electrons. The van der Waals surface area contributed by atoms with E-state index in [1.54, 1.807) is 18.2 Å². The van der Waals surface area contributed by atoms with Crippen LogP contribution in [0.25, 0.3) is 0 Å². The summed E-state index contributed by atoms with van der Waals surface area (Å²) in [5, 5.41) is 12.5. The number of methoxy groups -OCH3 is 1. The van der Waals surface area contributed by atoms with E-state index >= 15 is 0 Å². The molecular weight excluding hydrogens is 268 g/mol. The number of nitrogens with zero attached hydrogens (tertiary/aromatic N) is 1. The SMILES string of the molecule is COc1cc(CNCCS(=O)(=O)N(C)C)ccc1O. The maximum absolute atomic E-state index is 11.5. The predicted molar refractivity (Wildman–Crippen MR) is 73.8 cm³/mol. The summed E-state index contributed by atoms with van der Waals surface area (Å²) in [6.45, 7) is 0.878. The molecule has 0 aromatic heterocycles. The second-order valence-corrected chi connectivity index (χ2v) is 6.58.